The van der Waals surface area contributed by atoms with Crippen LogP contribution in [0.25, 0.3) is 11.3 Å². The SMILES string of the molecule is N#Cc1ccnc(CNc2ccc3c(c2)Sc2cccc(-c4cc(N5CCOCC5)cc(=O)[nH]4)c2S3)c1. The molecular weight excluding hydrogens is 502 g/mol. The first kappa shape index (κ1) is 23.7. The van der Waals surface area contributed by atoms with Crippen LogP contribution in [0.5, 0.6) is 0 Å². The second kappa shape index (κ2) is 10.3. The van der Waals surface area contributed by atoms with Crippen LogP contribution in [0.4, 0.5) is 11.4 Å². The van der Waals surface area contributed by atoms with Gasteiger partial charge in [-0.3, -0.25) is 9.78 Å². The van der Waals surface area contributed by atoms with E-state index >= 15 is 0 Å². The number of hydrogen-bond donors (Lipinski definition) is 2. The Morgan fingerprint density at radius 3 is 2.78 bits per heavy atom. The second-order valence-corrected chi connectivity index (χ2v) is 10.9. The van der Waals surface area contributed by atoms with E-state index < -0.39 is 0 Å². The highest BCUT2D eigenvalue weighted by Crippen LogP contribution is 2.52. The van der Waals surface area contributed by atoms with Crippen LogP contribution >= 0.6 is 23.5 Å². The molecule has 2 aromatic carbocycles. The van der Waals surface area contributed by atoms with Crippen molar-refractivity contribution >= 4 is 34.9 Å². The molecule has 9 heteroatoms. The predicted molar refractivity (Wildman–Crippen MR) is 146 cm³/mol. The van der Waals surface area contributed by atoms with E-state index in [1.165, 1.54) is 9.79 Å². The molecule has 2 aliphatic heterocycles. The molecule has 0 spiro atoms. The standard InChI is InChI=1S/C28H23N5O2S2/c29-16-18-6-7-30-20(12-18)17-31-19-4-5-24-26(13-19)36-25-3-1-2-22(28(25)37-24)23-14-21(15-27(34)32-23)33-8-10-35-11-9-33/h1-7,12-15,31H,8-11,17H2,(H,32,34). The Balaban J connectivity index is 1.25. The first-order chi connectivity index (χ1) is 18.2. The Hall–Kier alpha value is -3.71. The maximum atomic E-state index is 12.6. The molecule has 0 aliphatic carbocycles. The van der Waals surface area contributed by atoms with E-state index in [1.54, 1.807) is 47.9 Å². The second-order valence-electron chi connectivity index (χ2n) is 8.72. The Morgan fingerprint density at radius 1 is 1.03 bits per heavy atom. The molecule has 37 heavy (non-hydrogen) atoms. The summed E-state index contributed by atoms with van der Waals surface area (Å²) in [5.41, 5.74) is 5.11. The number of morpholine rings is 1. The Bertz CT molecular complexity index is 1570. The fourth-order valence-electron chi connectivity index (χ4n) is 4.44. The van der Waals surface area contributed by atoms with Crippen LogP contribution in [0.3, 0.4) is 0 Å². The number of aromatic amines is 1. The van der Waals surface area contributed by atoms with Crippen molar-refractivity contribution in [1.29, 1.82) is 5.26 Å². The van der Waals surface area contributed by atoms with Crippen molar-refractivity contribution in [3.63, 3.8) is 0 Å². The van der Waals surface area contributed by atoms with Gasteiger partial charge in [0.2, 0.25) is 5.56 Å². The lowest BCUT2D eigenvalue weighted by atomic mass is 10.1. The highest BCUT2D eigenvalue weighted by atomic mass is 32.2. The molecule has 0 bridgehead atoms. The van der Waals surface area contributed by atoms with E-state index in [2.05, 4.69) is 62.7 Å². The molecule has 6 rings (SSSR count). The number of pyridine rings is 2. The van der Waals surface area contributed by atoms with E-state index in [0.717, 1.165) is 51.2 Å². The Morgan fingerprint density at radius 2 is 1.92 bits per heavy atom. The molecular formula is C28H23N5O2S2. The molecule has 2 aromatic heterocycles. The van der Waals surface area contributed by atoms with Crippen molar-refractivity contribution in [2.75, 3.05) is 36.5 Å². The van der Waals surface area contributed by atoms with Gasteiger partial charge in [0.05, 0.1) is 42.8 Å². The number of anilines is 2. The number of fused-ring (bicyclic) bond motifs is 2. The fraction of sp³-hybridized carbons (Fsp3) is 0.179. The highest BCUT2D eigenvalue weighted by Gasteiger charge is 2.22. The summed E-state index contributed by atoms with van der Waals surface area (Å²) in [6.07, 6.45) is 1.66. The largest absolute Gasteiger partial charge is 0.379 e. The number of ether oxygens (including phenoxy) is 1. The molecule has 1 saturated heterocycles. The van der Waals surface area contributed by atoms with Crippen LogP contribution in [0.2, 0.25) is 0 Å². The van der Waals surface area contributed by atoms with Gasteiger partial charge in [0, 0.05) is 61.9 Å². The van der Waals surface area contributed by atoms with Gasteiger partial charge in [-0.1, -0.05) is 35.7 Å². The minimum atomic E-state index is -0.101. The number of nitrogens with zero attached hydrogens (tertiary/aromatic N) is 3. The molecule has 7 nitrogen and oxygen atoms in total. The zero-order chi connectivity index (χ0) is 25.2. The fourth-order valence-corrected chi connectivity index (χ4v) is 6.85. The maximum absolute atomic E-state index is 12.6. The summed E-state index contributed by atoms with van der Waals surface area (Å²) in [6.45, 7) is 3.45. The van der Waals surface area contributed by atoms with Gasteiger partial charge in [0.25, 0.3) is 0 Å². The van der Waals surface area contributed by atoms with Crippen LogP contribution in [0.1, 0.15) is 11.3 Å². The van der Waals surface area contributed by atoms with E-state index in [4.69, 9.17) is 10.00 Å². The smallest absolute Gasteiger partial charge is 0.250 e. The molecule has 0 atom stereocenters. The third-order valence-corrected chi connectivity index (χ3v) is 8.87. The van der Waals surface area contributed by atoms with Crippen LogP contribution < -0.4 is 15.8 Å². The lowest BCUT2D eigenvalue weighted by Crippen LogP contribution is -2.36. The van der Waals surface area contributed by atoms with Gasteiger partial charge in [0.1, 0.15) is 0 Å². The number of nitrogens with one attached hydrogen (secondary N) is 2. The van der Waals surface area contributed by atoms with Crippen molar-refractivity contribution < 1.29 is 4.74 Å². The third kappa shape index (κ3) is 5.09. The van der Waals surface area contributed by atoms with Gasteiger partial charge < -0.3 is 19.9 Å². The lowest BCUT2D eigenvalue weighted by Gasteiger charge is -2.29. The number of rotatable bonds is 5. The summed E-state index contributed by atoms with van der Waals surface area (Å²) < 4.78 is 5.48. The summed E-state index contributed by atoms with van der Waals surface area (Å²) in [4.78, 5) is 26.8. The minimum Gasteiger partial charge on any atom is -0.379 e. The van der Waals surface area contributed by atoms with Crippen molar-refractivity contribution in [1.82, 2.24) is 9.97 Å². The van der Waals surface area contributed by atoms with E-state index in [-0.39, 0.29) is 5.56 Å². The van der Waals surface area contributed by atoms with Gasteiger partial charge in [-0.05, 0) is 42.5 Å². The van der Waals surface area contributed by atoms with Gasteiger partial charge in [-0.2, -0.15) is 5.26 Å². The zero-order valence-electron chi connectivity index (χ0n) is 19.9. The van der Waals surface area contributed by atoms with Crippen LogP contribution in [0, 0.1) is 11.3 Å². The monoisotopic (exact) mass is 525 g/mol. The molecule has 4 aromatic rings. The van der Waals surface area contributed by atoms with Crippen molar-refractivity contribution in [3.05, 3.63) is 88.5 Å². The van der Waals surface area contributed by atoms with Gasteiger partial charge in [-0.15, -0.1) is 0 Å². The molecule has 0 saturated carbocycles. The molecule has 0 radical (unpaired) electrons. The average Bonchev–Trinajstić information content (AvgIpc) is 2.95. The quantitative estimate of drug-likeness (QED) is 0.316. The highest BCUT2D eigenvalue weighted by molar-refractivity contribution is 8.05. The van der Waals surface area contributed by atoms with Gasteiger partial charge in [0.15, 0.2) is 0 Å². The number of H-pyrrole nitrogens is 1. The zero-order valence-corrected chi connectivity index (χ0v) is 21.5. The third-order valence-electron chi connectivity index (χ3n) is 6.27. The molecule has 2 N–H and O–H groups in total. The lowest BCUT2D eigenvalue weighted by molar-refractivity contribution is 0.122. The van der Waals surface area contributed by atoms with Crippen molar-refractivity contribution in [2.24, 2.45) is 0 Å². The molecule has 2 aliphatic rings. The van der Waals surface area contributed by atoms with Gasteiger partial charge >= 0.3 is 0 Å². The number of benzene rings is 2. The van der Waals surface area contributed by atoms with Crippen molar-refractivity contribution in [2.45, 2.75) is 26.1 Å². The maximum Gasteiger partial charge on any atom is 0.250 e. The van der Waals surface area contributed by atoms with Crippen LogP contribution in [0.15, 0.2) is 91.2 Å². The molecule has 1 fully saturated rings. The first-order valence-corrected chi connectivity index (χ1v) is 13.6. The number of aromatic nitrogens is 2. The average molecular weight is 526 g/mol. The topological polar surface area (TPSA) is 94.0 Å². The van der Waals surface area contributed by atoms with Crippen LogP contribution in [-0.2, 0) is 11.3 Å². The Kier molecular flexibility index (Phi) is 6.62. The minimum absolute atomic E-state index is 0.101. The Labute approximate surface area is 222 Å². The summed E-state index contributed by atoms with van der Waals surface area (Å²) in [5, 5.41) is 12.5. The number of nitriles is 1. The van der Waals surface area contributed by atoms with Crippen LogP contribution in [-0.4, -0.2) is 36.3 Å². The molecule has 0 unspecified atom stereocenters. The molecule has 0 amide bonds. The van der Waals surface area contributed by atoms with E-state index in [1.807, 2.05) is 6.07 Å². The molecule has 184 valence electrons. The summed E-state index contributed by atoms with van der Waals surface area (Å²) in [6, 6.07) is 22.0. The summed E-state index contributed by atoms with van der Waals surface area (Å²) in [5.74, 6) is 0. The van der Waals surface area contributed by atoms with E-state index in [0.29, 0.717) is 25.3 Å². The predicted octanol–water partition coefficient (Wildman–Crippen LogP) is 5.37. The first-order valence-electron chi connectivity index (χ1n) is 12.0. The summed E-state index contributed by atoms with van der Waals surface area (Å²) in [7, 11) is 0. The van der Waals surface area contributed by atoms with Crippen molar-refractivity contribution in [3.8, 4) is 17.3 Å². The summed E-state index contributed by atoms with van der Waals surface area (Å²) >= 11 is 3.46. The van der Waals surface area contributed by atoms with E-state index in [9.17, 15) is 4.79 Å². The number of hydrogen-bond acceptors (Lipinski definition) is 8. The normalized spacial score (nSPS) is 14.4. The van der Waals surface area contributed by atoms with Gasteiger partial charge in [-0.25, -0.2) is 0 Å². The molecule has 4 heterocycles.